The Morgan fingerprint density at radius 3 is 2.00 bits per heavy atom. The molecule has 0 aromatic rings. The maximum Gasteiger partial charge on any atom is 1.00 e. The largest absolute Gasteiger partial charge is 1.00 e. The van der Waals surface area contributed by atoms with E-state index in [1.165, 1.54) is 0 Å². The molecule has 0 heterocycles. The minimum Gasteiger partial charge on any atom is -1.00 e. The minimum absolute atomic E-state index is 0. The monoisotopic (exact) mass is 122 g/mol. The molecule has 0 nitrogen and oxygen atoms in total. The minimum atomic E-state index is 0. The zero-order valence-corrected chi connectivity index (χ0v) is 6.70. The van der Waals surface area contributed by atoms with E-state index < -0.39 is 0 Å². The molecular formula is HClNaPS. The van der Waals surface area contributed by atoms with E-state index in [0.717, 1.165) is 0 Å². The fraction of sp³-hybridized carbons (Fsp3) is 0. The van der Waals surface area contributed by atoms with Crippen molar-refractivity contribution >= 4 is 29.8 Å². The summed E-state index contributed by atoms with van der Waals surface area (Å²) in [6.07, 6.45) is 0. The van der Waals surface area contributed by atoms with Crippen molar-refractivity contribution in [3.63, 3.8) is 0 Å². The van der Waals surface area contributed by atoms with Gasteiger partial charge in [0, 0.05) is 0 Å². The number of rotatable bonds is 0. The van der Waals surface area contributed by atoms with Gasteiger partial charge >= 0.3 is 29.6 Å². The third kappa shape index (κ3) is 9.18. The third-order valence-electron chi connectivity index (χ3n) is 0. The van der Waals surface area contributed by atoms with Gasteiger partial charge in [0.2, 0.25) is 0 Å². The maximum absolute atomic E-state index is 4.79. The van der Waals surface area contributed by atoms with Crippen LogP contribution in [0, 0.1) is 0 Å². The average molecular weight is 122 g/mol. The van der Waals surface area contributed by atoms with Crippen molar-refractivity contribution in [1.29, 1.82) is 0 Å². The summed E-state index contributed by atoms with van der Waals surface area (Å²) in [6, 6.07) is 0. The summed E-state index contributed by atoms with van der Waals surface area (Å²) >= 11 is 8.92. The van der Waals surface area contributed by atoms with Crippen molar-refractivity contribution in [2.24, 2.45) is 0 Å². The van der Waals surface area contributed by atoms with E-state index >= 15 is 0 Å². The maximum atomic E-state index is 4.79. The Balaban J connectivity index is -0.0000000200. The first-order valence-corrected chi connectivity index (χ1v) is 3.16. The summed E-state index contributed by atoms with van der Waals surface area (Å²) in [5.41, 5.74) is 0. The van der Waals surface area contributed by atoms with Gasteiger partial charge in [0.05, 0.1) is 6.71 Å². The van der Waals surface area contributed by atoms with Gasteiger partial charge in [-0.2, -0.15) is 0 Å². The molecule has 4 heavy (non-hydrogen) atoms. The van der Waals surface area contributed by atoms with Crippen LogP contribution in [0.5, 0.6) is 0 Å². The predicted molar refractivity (Wildman–Crippen MR) is 21.2 cm³/mol. The third-order valence-corrected chi connectivity index (χ3v) is 0. The summed E-state index contributed by atoms with van der Waals surface area (Å²) in [5.74, 6) is 0. The van der Waals surface area contributed by atoms with Gasteiger partial charge in [-0.05, 0) is 23.0 Å². The van der Waals surface area contributed by atoms with Crippen LogP contribution in [0.1, 0.15) is 1.43 Å². The molecule has 0 atom stereocenters. The Labute approximate surface area is 60.3 Å². The summed E-state index contributed by atoms with van der Waals surface area (Å²) < 4.78 is 0. The fourth-order valence-corrected chi connectivity index (χ4v) is 0. The molecule has 0 aliphatic carbocycles. The molecule has 4 heteroatoms. The number of hydrogen-bond donors (Lipinski definition) is 0. The molecular weight excluding hydrogens is 121 g/mol. The van der Waals surface area contributed by atoms with Crippen LogP contribution in [0.25, 0.3) is 0 Å². The first-order valence-electron chi connectivity index (χ1n) is 0.352. The van der Waals surface area contributed by atoms with Crippen molar-refractivity contribution in [1.82, 2.24) is 0 Å². The summed E-state index contributed by atoms with van der Waals surface area (Å²) in [6.45, 7) is 0.472. The zero-order chi connectivity index (χ0) is 2.71. The normalized spacial score (nSPS) is 5.25. The van der Waals surface area contributed by atoms with Gasteiger partial charge in [-0.3, -0.25) is 0 Å². The van der Waals surface area contributed by atoms with Crippen LogP contribution in [0.3, 0.4) is 0 Å². The van der Waals surface area contributed by atoms with Crippen LogP contribution in [0.4, 0.5) is 0 Å². The van der Waals surface area contributed by atoms with Crippen LogP contribution < -0.4 is 29.6 Å². The summed E-state index contributed by atoms with van der Waals surface area (Å²) in [7, 11) is 0. The molecule has 0 saturated carbocycles. The SMILES string of the molecule is S=PCl.[H-].[Na+]. The van der Waals surface area contributed by atoms with Crippen LogP contribution in [0.15, 0.2) is 0 Å². The molecule has 20 valence electrons. The topological polar surface area (TPSA) is 0 Å². The molecule has 0 spiro atoms. The first kappa shape index (κ1) is 9.26. The second-order valence-corrected chi connectivity index (χ2v) is 1.86. The van der Waals surface area contributed by atoms with E-state index in [4.69, 9.17) is 11.2 Å². The molecule has 0 aliphatic rings. The van der Waals surface area contributed by atoms with Crippen molar-refractivity contribution in [2.45, 2.75) is 0 Å². The zero-order valence-electron chi connectivity index (χ0n) is 3.23. The van der Waals surface area contributed by atoms with Gasteiger partial charge in [0.15, 0.2) is 0 Å². The number of halogens is 1. The Bertz CT molecular complexity index is 19.1. The van der Waals surface area contributed by atoms with Crippen molar-refractivity contribution in [2.75, 3.05) is 0 Å². The molecule has 0 radical (unpaired) electrons. The van der Waals surface area contributed by atoms with Gasteiger partial charge in [-0.25, -0.2) is 0 Å². The van der Waals surface area contributed by atoms with Crippen LogP contribution in [-0.2, 0) is 11.8 Å². The Morgan fingerprint density at radius 1 is 2.00 bits per heavy atom. The molecule has 0 amide bonds. The predicted octanol–water partition coefficient (Wildman–Crippen LogP) is -1.34. The van der Waals surface area contributed by atoms with Gasteiger partial charge in [-0.15, -0.1) is 0 Å². The second kappa shape index (κ2) is 8.84. The van der Waals surface area contributed by atoms with Crippen LogP contribution in [0.2, 0.25) is 0 Å². The average Bonchev–Trinajstić information content (AvgIpc) is 0.918. The van der Waals surface area contributed by atoms with E-state index in [0.29, 0.717) is 6.71 Å². The van der Waals surface area contributed by atoms with Gasteiger partial charge in [-0.1, -0.05) is 0 Å². The first-order chi connectivity index (χ1) is 1.41. The summed E-state index contributed by atoms with van der Waals surface area (Å²) in [5, 5.41) is 0. The molecule has 0 N–H and O–H groups in total. The van der Waals surface area contributed by atoms with Gasteiger partial charge in [0.25, 0.3) is 0 Å². The summed E-state index contributed by atoms with van der Waals surface area (Å²) in [4.78, 5) is 0. The standard InChI is InChI=1S/ClPS.Na.H/c1-2-3;;/q;+1;-1. The second-order valence-electron chi connectivity index (χ2n) is 0.0690. The van der Waals surface area contributed by atoms with Crippen LogP contribution >= 0.6 is 17.9 Å². The Morgan fingerprint density at radius 2 is 2.00 bits per heavy atom. The quantitative estimate of drug-likeness (QED) is 0.283. The van der Waals surface area contributed by atoms with Gasteiger partial charge in [0.1, 0.15) is 0 Å². The van der Waals surface area contributed by atoms with E-state index in [9.17, 15) is 0 Å². The van der Waals surface area contributed by atoms with E-state index in [1.807, 2.05) is 0 Å². The van der Waals surface area contributed by atoms with E-state index in [2.05, 4.69) is 11.8 Å². The van der Waals surface area contributed by atoms with Crippen molar-refractivity contribution in [3.05, 3.63) is 0 Å². The van der Waals surface area contributed by atoms with E-state index in [-0.39, 0.29) is 31.0 Å². The Kier molecular flexibility index (Phi) is 20.5. The molecule has 0 bridgehead atoms. The number of hydrogen-bond acceptors (Lipinski definition) is 1. The molecule has 0 rings (SSSR count). The Hall–Kier alpha value is 1.81. The molecule has 0 aliphatic heterocycles. The van der Waals surface area contributed by atoms with Crippen LogP contribution in [-0.4, -0.2) is 0 Å². The molecule has 0 saturated heterocycles. The molecule has 0 fully saturated rings. The van der Waals surface area contributed by atoms with Crippen molar-refractivity contribution in [3.8, 4) is 0 Å². The molecule has 0 aromatic heterocycles. The van der Waals surface area contributed by atoms with Gasteiger partial charge < -0.3 is 1.43 Å². The fourth-order valence-electron chi connectivity index (χ4n) is 0. The smallest absolute Gasteiger partial charge is 1.00 e. The van der Waals surface area contributed by atoms with E-state index in [1.54, 1.807) is 0 Å². The van der Waals surface area contributed by atoms with Crippen molar-refractivity contribution < 1.29 is 31.0 Å². The molecule has 0 unspecified atom stereocenters. The molecule has 0 aromatic carbocycles.